The predicted molar refractivity (Wildman–Crippen MR) is 101 cm³/mol. The van der Waals surface area contributed by atoms with Gasteiger partial charge in [0.05, 0.1) is 24.5 Å². The lowest BCUT2D eigenvalue weighted by Gasteiger charge is -2.15. The van der Waals surface area contributed by atoms with Crippen molar-refractivity contribution in [2.45, 2.75) is 13.0 Å². The molecule has 3 N–H and O–H groups in total. The summed E-state index contributed by atoms with van der Waals surface area (Å²) in [4.78, 5) is 28.6. The van der Waals surface area contributed by atoms with Crippen LogP contribution in [0.5, 0.6) is 0 Å². The minimum Gasteiger partial charge on any atom is -0.442 e. The summed E-state index contributed by atoms with van der Waals surface area (Å²) in [5, 5.41) is 2.60. The van der Waals surface area contributed by atoms with Crippen LogP contribution in [0.25, 0.3) is 16.8 Å². The highest BCUT2D eigenvalue weighted by molar-refractivity contribution is 5.90. The molecule has 1 aliphatic rings. The number of carbonyl (C=O) groups excluding carboxylic acids is 2. The second-order valence-electron chi connectivity index (χ2n) is 6.56. The topological polar surface area (TPSA) is 102 Å². The largest absolute Gasteiger partial charge is 0.442 e. The van der Waals surface area contributed by atoms with Crippen LogP contribution < -0.4 is 16.0 Å². The van der Waals surface area contributed by atoms with E-state index in [-0.39, 0.29) is 19.0 Å². The molecular formula is C19H18FN5O3. The van der Waals surface area contributed by atoms with Crippen LogP contribution in [-0.4, -0.2) is 40.6 Å². The van der Waals surface area contributed by atoms with E-state index < -0.39 is 18.0 Å². The Balaban J connectivity index is 1.59. The minimum atomic E-state index is -0.577. The maximum atomic E-state index is 14.8. The van der Waals surface area contributed by atoms with Crippen molar-refractivity contribution >= 4 is 29.0 Å². The zero-order chi connectivity index (χ0) is 19.8. The van der Waals surface area contributed by atoms with Crippen molar-refractivity contribution in [2.75, 3.05) is 23.7 Å². The van der Waals surface area contributed by atoms with Gasteiger partial charge in [0.1, 0.15) is 11.9 Å². The number of rotatable bonds is 4. The molecule has 1 aromatic carbocycles. The number of aromatic nitrogens is 2. The van der Waals surface area contributed by atoms with Crippen molar-refractivity contribution in [2.24, 2.45) is 0 Å². The standard InChI is InChI=1S/C19H18FN5O3/c1-11(26)23-8-14-10-25(19(27)28-14)13-2-3-15(16(20)7-13)12-6-17(21)18-22-4-5-24(18)9-12/h2-7,9,14H,8,10,21H2,1H3,(H,23,26)/t14-/m0/s1. The Morgan fingerprint density at radius 1 is 1.43 bits per heavy atom. The van der Waals surface area contributed by atoms with Crippen LogP contribution in [0, 0.1) is 5.82 Å². The molecule has 0 unspecified atom stereocenters. The van der Waals surface area contributed by atoms with Crippen molar-refractivity contribution in [1.29, 1.82) is 0 Å². The van der Waals surface area contributed by atoms with E-state index >= 15 is 0 Å². The van der Waals surface area contributed by atoms with Gasteiger partial charge in [0, 0.05) is 36.6 Å². The first kappa shape index (κ1) is 17.8. The van der Waals surface area contributed by atoms with Crippen molar-refractivity contribution in [3.63, 3.8) is 0 Å². The van der Waals surface area contributed by atoms with E-state index in [1.165, 1.54) is 17.9 Å². The molecule has 4 rings (SSSR count). The van der Waals surface area contributed by atoms with Gasteiger partial charge in [0.15, 0.2) is 5.65 Å². The molecule has 2 aromatic heterocycles. The third kappa shape index (κ3) is 3.22. The number of halogens is 1. The van der Waals surface area contributed by atoms with Crippen molar-refractivity contribution < 1.29 is 18.7 Å². The summed E-state index contributed by atoms with van der Waals surface area (Å²) >= 11 is 0. The maximum absolute atomic E-state index is 14.8. The number of hydrogen-bond donors (Lipinski definition) is 2. The van der Waals surface area contributed by atoms with Gasteiger partial charge in [0.25, 0.3) is 0 Å². The van der Waals surface area contributed by atoms with E-state index in [1.54, 1.807) is 41.2 Å². The number of anilines is 2. The highest BCUT2D eigenvalue weighted by Gasteiger charge is 2.32. The highest BCUT2D eigenvalue weighted by atomic mass is 19.1. The molecule has 2 amide bonds. The zero-order valence-electron chi connectivity index (χ0n) is 15.1. The van der Waals surface area contributed by atoms with Crippen LogP contribution in [0.4, 0.5) is 20.6 Å². The van der Waals surface area contributed by atoms with E-state index in [0.29, 0.717) is 28.1 Å². The molecule has 9 heteroatoms. The minimum absolute atomic E-state index is 0.209. The number of fused-ring (bicyclic) bond motifs is 1. The van der Waals surface area contributed by atoms with Gasteiger partial charge in [-0.15, -0.1) is 0 Å². The fraction of sp³-hybridized carbons (Fsp3) is 0.211. The van der Waals surface area contributed by atoms with Crippen LogP contribution in [0.1, 0.15) is 6.92 Å². The summed E-state index contributed by atoms with van der Waals surface area (Å²) in [6.07, 6.45) is 4.03. The Kier molecular flexibility index (Phi) is 4.34. The molecule has 0 spiro atoms. The quantitative estimate of drug-likeness (QED) is 0.719. The zero-order valence-corrected chi connectivity index (χ0v) is 15.1. The molecule has 1 saturated heterocycles. The third-order valence-corrected chi connectivity index (χ3v) is 4.54. The molecule has 0 radical (unpaired) electrons. The average molecular weight is 383 g/mol. The Morgan fingerprint density at radius 2 is 2.25 bits per heavy atom. The lowest BCUT2D eigenvalue weighted by molar-refractivity contribution is -0.119. The van der Waals surface area contributed by atoms with Crippen molar-refractivity contribution in [3.05, 3.63) is 48.7 Å². The van der Waals surface area contributed by atoms with Crippen molar-refractivity contribution in [1.82, 2.24) is 14.7 Å². The maximum Gasteiger partial charge on any atom is 0.414 e. The number of hydrogen-bond acceptors (Lipinski definition) is 5. The number of ether oxygens (including phenoxy) is 1. The number of nitrogens with one attached hydrogen (secondary N) is 1. The first-order valence-electron chi connectivity index (χ1n) is 8.67. The summed E-state index contributed by atoms with van der Waals surface area (Å²) in [7, 11) is 0. The second kappa shape index (κ2) is 6.84. The molecule has 28 heavy (non-hydrogen) atoms. The van der Waals surface area contributed by atoms with Crippen LogP contribution in [0.2, 0.25) is 0 Å². The third-order valence-electron chi connectivity index (χ3n) is 4.54. The molecule has 1 aliphatic heterocycles. The average Bonchev–Trinajstić information content (AvgIpc) is 3.26. The smallest absolute Gasteiger partial charge is 0.414 e. The number of cyclic esters (lactones) is 1. The Labute approximate surface area is 159 Å². The number of nitrogens with two attached hydrogens (primary N) is 1. The normalized spacial score (nSPS) is 16.4. The summed E-state index contributed by atoms with van der Waals surface area (Å²) in [6, 6.07) is 6.19. The number of pyridine rings is 1. The lowest BCUT2D eigenvalue weighted by atomic mass is 10.1. The summed E-state index contributed by atoms with van der Waals surface area (Å²) in [5.41, 5.74) is 8.37. The first-order valence-corrected chi connectivity index (χ1v) is 8.67. The van der Waals surface area contributed by atoms with Gasteiger partial charge in [-0.05, 0) is 24.3 Å². The van der Waals surface area contributed by atoms with E-state index in [4.69, 9.17) is 10.5 Å². The molecule has 144 valence electrons. The molecule has 1 fully saturated rings. The van der Waals surface area contributed by atoms with E-state index in [1.807, 2.05) is 0 Å². The second-order valence-corrected chi connectivity index (χ2v) is 6.56. The van der Waals surface area contributed by atoms with Gasteiger partial charge in [0.2, 0.25) is 5.91 Å². The molecule has 0 aliphatic carbocycles. The van der Waals surface area contributed by atoms with Gasteiger partial charge >= 0.3 is 6.09 Å². The summed E-state index contributed by atoms with van der Waals surface area (Å²) < 4.78 is 21.8. The molecule has 1 atom stereocenters. The van der Waals surface area contributed by atoms with Crippen LogP contribution in [-0.2, 0) is 9.53 Å². The number of carbonyl (C=O) groups is 2. The number of amides is 2. The SMILES string of the molecule is CC(=O)NC[C@H]1CN(c2ccc(-c3cc(N)c4nccn4c3)c(F)c2)C(=O)O1. The molecule has 0 saturated carbocycles. The lowest BCUT2D eigenvalue weighted by Crippen LogP contribution is -2.33. The van der Waals surface area contributed by atoms with Gasteiger partial charge in [-0.3, -0.25) is 9.69 Å². The van der Waals surface area contributed by atoms with Crippen LogP contribution in [0.3, 0.4) is 0 Å². The Bertz CT molecular complexity index is 1080. The molecule has 0 bridgehead atoms. The van der Waals surface area contributed by atoms with E-state index in [0.717, 1.165) is 0 Å². The van der Waals surface area contributed by atoms with Gasteiger partial charge in [-0.1, -0.05) is 0 Å². The van der Waals surface area contributed by atoms with E-state index in [2.05, 4.69) is 10.3 Å². The summed E-state index contributed by atoms with van der Waals surface area (Å²) in [6.45, 7) is 1.82. The van der Waals surface area contributed by atoms with E-state index in [9.17, 15) is 14.0 Å². The fourth-order valence-corrected chi connectivity index (χ4v) is 3.21. The number of nitrogen functional groups attached to an aromatic ring is 1. The molecule has 3 heterocycles. The Morgan fingerprint density at radius 3 is 3.00 bits per heavy atom. The first-order chi connectivity index (χ1) is 13.4. The number of imidazole rings is 1. The van der Waals surface area contributed by atoms with Crippen LogP contribution >= 0.6 is 0 Å². The van der Waals surface area contributed by atoms with Gasteiger partial charge < -0.3 is 20.2 Å². The van der Waals surface area contributed by atoms with Crippen LogP contribution in [0.15, 0.2) is 42.9 Å². The Hall–Kier alpha value is -3.62. The number of nitrogens with zero attached hydrogens (tertiary/aromatic N) is 3. The predicted octanol–water partition coefficient (Wildman–Crippen LogP) is 2.18. The number of benzene rings is 1. The molecule has 3 aromatic rings. The highest BCUT2D eigenvalue weighted by Crippen LogP contribution is 2.30. The summed E-state index contributed by atoms with van der Waals surface area (Å²) in [5.74, 6) is -0.700. The van der Waals surface area contributed by atoms with Gasteiger partial charge in [-0.25, -0.2) is 14.2 Å². The van der Waals surface area contributed by atoms with Gasteiger partial charge in [-0.2, -0.15) is 0 Å². The monoisotopic (exact) mass is 383 g/mol. The molecular weight excluding hydrogens is 365 g/mol. The fourth-order valence-electron chi connectivity index (χ4n) is 3.21. The van der Waals surface area contributed by atoms with Crippen molar-refractivity contribution in [3.8, 4) is 11.1 Å². The molecule has 8 nitrogen and oxygen atoms in total.